The van der Waals surface area contributed by atoms with Crippen molar-refractivity contribution in [3.63, 3.8) is 0 Å². The molecule has 0 saturated carbocycles. The first kappa shape index (κ1) is 13.9. The lowest BCUT2D eigenvalue weighted by molar-refractivity contribution is 0.464. The highest BCUT2D eigenvalue weighted by Gasteiger charge is 2.03. The molecule has 0 aliphatic rings. The number of hydrogen-bond donors (Lipinski definition) is 2. The molecule has 1 unspecified atom stereocenters. The summed E-state index contributed by atoms with van der Waals surface area (Å²) in [4.78, 5) is 0. The van der Waals surface area contributed by atoms with Crippen molar-refractivity contribution in [3.8, 4) is 0 Å². The van der Waals surface area contributed by atoms with E-state index in [2.05, 4.69) is 19.9 Å². The van der Waals surface area contributed by atoms with E-state index in [0.717, 1.165) is 12.3 Å². The van der Waals surface area contributed by atoms with Gasteiger partial charge in [0.1, 0.15) is 0 Å². The first-order chi connectivity index (χ1) is 8.13. The van der Waals surface area contributed by atoms with Crippen LogP contribution in [0.1, 0.15) is 51.5 Å². The fourth-order valence-corrected chi connectivity index (χ4v) is 2.08. The lowest BCUT2D eigenvalue weighted by Gasteiger charge is -2.11. The van der Waals surface area contributed by atoms with Crippen LogP contribution in [0, 0.1) is 5.92 Å². The van der Waals surface area contributed by atoms with Crippen LogP contribution in [0.4, 0.5) is 11.4 Å². The van der Waals surface area contributed by atoms with Gasteiger partial charge in [-0.15, -0.1) is 0 Å². The zero-order valence-corrected chi connectivity index (χ0v) is 11.2. The Bertz CT molecular complexity index is 334. The number of nitrogen functional groups attached to an aromatic ring is 2. The van der Waals surface area contributed by atoms with Crippen molar-refractivity contribution in [2.45, 2.75) is 52.4 Å². The highest BCUT2D eigenvalue weighted by molar-refractivity contribution is 5.63. The van der Waals surface area contributed by atoms with Crippen LogP contribution in [0.5, 0.6) is 0 Å². The molecule has 2 heteroatoms. The molecule has 0 spiro atoms. The maximum Gasteiger partial charge on any atom is 0.0550 e. The van der Waals surface area contributed by atoms with Crippen LogP contribution < -0.4 is 11.5 Å². The van der Waals surface area contributed by atoms with Crippen molar-refractivity contribution in [2.24, 2.45) is 5.92 Å². The van der Waals surface area contributed by atoms with Gasteiger partial charge in [0.25, 0.3) is 0 Å². The Labute approximate surface area is 105 Å². The quantitative estimate of drug-likeness (QED) is 0.553. The average Bonchev–Trinajstić information content (AvgIpc) is 2.31. The first-order valence-corrected chi connectivity index (χ1v) is 6.77. The average molecular weight is 234 g/mol. The standard InChI is InChI=1S/C15H26N2/c1-3-4-5-6-12(2)7-8-13-9-10-14(16)15(17)11-13/h9-12H,3-8,16-17H2,1-2H3. The minimum absolute atomic E-state index is 0.685. The monoisotopic (exact) mass is 234 g/mol. The first-order valence-electron chi connectivity index (χ1n) is 6.77. The molecule has 0 heterocycles. The molecule has 0 bridgehead atoms. The van der Waals surface area contributed by atoms with Gasteiger partial charge >= 0.3 is 0 Å². The Morgan fingerprint density at radius 1 is 1.06 bits per heavy atom. The van der Waals surface area contributed by atoms with E-state index in [0.29, 0.717) is 11.4 Å². The van der Waals surface area contributed by atoms with Gasteiger partial charge in [0.05, 0.1) is 11.4 Å². The number of nitrogens with two attached hydrogens (primary N) is 2. The van der Waals surface area contributed by atoms with Crippen molar-refractivity contribution < 1.29 is 0 Å². The maximum absolute atomic E-state index is 5.80. The molecule has 0 radical (unpaired) electrons. The van der Waals surface area contributed by atoms with Crippen LogP contribution in [0.15, 0.2) is 18.2 Å². The summed E-state index contributed by atoms with van der Waals surface area (Å²) in [6.45, 7) is 4.60. The summed E-state index contributed by atoms with van der Waals surface area (Å²) < 4.78 is 0. The lowest BCUT2D eigenvalue weighted by atomic mass is 9.95. The highest BCUT2D eigenvalue weighted by Crippen LogP contribution is 2.20. The fourth-order valence-electron chi connectivity index (χ4n) is 2.08. The molecule has 96 valence electrons. The largest absolute Gasteiger partial charge is 0.397 e. The summed E-state index contributed by atoms with van der Waals surface area (Å²) >= 11 is 0. The molecular weight excluding hydrogens is 208 g/mol. The summed E-state index contributed by atoms with van der Waals surface area (Å²) in [5.74, 6) is 0.806. The van der Waals surface area contributed by atoms with Crippen LogP contribution in [-0.2, 0) is 6.42 Å². The van der Waals surface area contributed by atoms with Crippen molar-refractivity contribution >= 4 is 11.4 Å². The summed E-state index contributed by atoms with van der Waals surface area (Å²) in [7, 11) is 0. The van der Waals surface area contributed by atoms with Gasteiger partial charge in [0, 0.05) is 0 Å². The van der Waals surface area contributed by atoms with E-state index < -0.39 is 0 Å². The zero-order chi connectivity index (χ0) is 12.7. The third kappa shape index (κ3) is 5.12. The van der Waals surface area contributed by atoms with Crippen molar-refractivity contribution in [3.05, 3.63) is 23.8 Å². The molecule has 0 aliphatic heterocycles. The second-order valence-electron chi connectivity index (χ2n) is 5.10. The Morgan fingerprint density at radius 3 is 2.47 bits per heavy atom. The molecule has 1 rings (SSSR count). The van der Waals surface area contributed by atoms with Crippen LogP contribution in [-0.4, -0.2) is 0 Å². The van der Waals surface area contributed by atoms with Gasteiger partial charge in [0.15, 0.2) is 0 Å². The predicted molar refractivity (Wildman–Crippen MR) is 76.9 cm³/mol. The van der Waals surface area contributed by atoms with E-state index in [4.69, 9.17) is 11.5 Å². The normalized spacial score (nSPS) is 12.6. The molecule has 0 fully saturated rings. The van der Waals surface area contributed by atoms with E-state index in [9.17, 15) is 0 Å². The third-order valence-corrected chi connectivity index (χ3v) is 3.38. The summed E-state index contributed by atoms with van der Waals surface area (Å²) in [5.41, 5.74) is 14.2. The van der Waals surface area contributed by atoms with Crippen molar-refractivity contribution in [1.82, 2.24) is 0 Å². The van der Waals surface area contributed by atoms with Gasteiger partial charge in [0.2, 0.25) is 0 Å². The Kier molecular flexibility index (Phi) is 5.88. The van der Waals surface area contributed by atoms with Crippen LogP contribution in [0.25, 0.3) is 0 Å². The smallest absolute Gasteiger partial charge is 0.0550 e. The Balaban J connectivity index is 2.31. The Morgan fingerprint density at radius 2 is 1.82 bits per heavy atom. The van der Waals surface area contributed by atoms with E-state index in [-0.39, 0.29) is 0 Å². The maximum atomic E-state index is 5.80. The molecule has 17 heavy (non-hydrogen) atoms. The summed E-state index contributed by atoms with van der Waals surface area (Å²) in [6, 6.07) is 6.00. The summed E-state index contributed by atoms with van der Waals surface area (Å²) in [6.07, 6.45) is 7.73. The molecule has 0 amide bonds. The molecule has 2 nitrogen and oxygen atoms in total. The molecule has 0 aliphatic carbocycles. The van der Waals surface area contributed by atoms with E-state index in [1.807, 2.05) is 12.1 Å². The number of unbranched alkanes of at least 4 members (excludes halogenated alkanes) is 2. The second-order valence-corrected chi connectivity index (χ2v) is 5.10. The van der Waals surface area contributed by atoms with Gasteiger partial charge in [-0.2, -0.15) is 0 Å². The van der Waals surface area contributed by atoms with E-state index in [1.54, 1.807) is 0 Å². The number of aryl methyl sites for hydroxylation is 1. The van der Waals surface area contributed by atoms with E-state index in [1.165, 1.54) is 37.7 Å². The van der Waals surface area contributed by atoms with Gasteiger partial charge in [-0.3, -0.25) is 0 Å². The summed E-state index contributed by atoms with van der Waals surface area (Å²) in [5, 5.41) is 0. The fraction of sp³-hybridized carbons (Fsp3) is 0.600. The van der Waals surface area contributed by atoms with Crippen LogP contribution in [0.3, 0.4) is 0 Å². The number of hydrogen-bond acceptors (Lipinski definition) is 2. The van der Waals surface area contributed by atoms with Gasteiger partial charge in [-0.25, -0.2) is 0 Å². The molecule has 1 aromatic rings. The molecule has 0 saturated heterocycles. The van der Waals surface area contributed by atoms with Crippen LogP contribution >= 0.6 is 0 Å². The van der Waals surface area contributed by atoms with E-state index >= 15 is 0 Å². The molecule has 1 aromatic carbocycles. The van der Waals surface area contributed by atoms with Gasteiger partial charge < -0.3 is 11.5 Å². The molecule has 4 N–H and O–H groups in total. The number of rotatable bonds is 7. The van der Waals surface area contributed by atoms with Crippen LogP contribution in [0.2, 0.25) is 0 Å². The molecular formula is C15H26N2. The molecule has 1 atom stereocenters. The third-order valence-electron chi connectivity index (χ3n) is 3.38. The topological polar surface area (TPSA) is 52.0 Å². The zero-order valence-electron chi connectivity index (χ0n) is 11.2. The molecule has 0 aromatic heterocycles. The number of benzene rings is 1. The predicted octanol–water partition coefficient (Wildman–Crippen LogP) is 4.00. The Hall–Kier alpha value is -1.18. The van der Waals surface area contributed by atoms with Gasteiger partial charge in [-0.05, 0) is 36.5 Å². The lowest BCUT2D eigenvalue weighted by Crippen LogP contribution is -2.00. The van der Waals surface area contributed by atoms with Gasteiger partial charge in [-0.1, -0.05) is 45.6 Å². The van der Waals surface area contributed by atoms with Crippen molar-refractivity contribution in [2.75, 3.05) is 11.5 Å². The minimum Gasteiger partial charge on any atom is -0.397 e. The highest BCUT2D eigenvalue weighted by atomic mass is 14.7. The number of anilines is 2. The SMILES string of the molecule is CCCCCC(C)CCc1ccc(N)c(N)c1. The minimum atomic E-state index is 0.685. The second kappa shape index (κ2) is 7.21. The van der Waals surface area contributed by atoms with Crippen molar-refractivity contribution in [1.29, 1.82) is 0 Å².